The Labute approximate surface area is 294 Å². The van der Waals surface area contributed by atoms with Crippen LogP contribution in [0.3, 0.4) is 0 Å². The van der Waals surface area contributed by atoms with Crippen molar-refractivity contribution in [1.82, 2.24) is 0 Å². The number of ether oxygens (including phenoxy) is 4. The number of phenolic OH excluding ortho intramolecular Hbond substituents is 1. The minimum Gasteiger partial charge on any atom is -0.507 e. The quantitative estimate of drug-likeness (QED) is 0.0534. The first kappa shape index (κ1) is 44.4. The summed E-state index contributed by atoms with van der Waals surface area (Å²) in [5.74, 6) is 0.231. The summed E-state index contributed by atoms with van der Waals surface area (Å²) in [5.41, 5.74) is 0.195. The van der Waals surface area contributed by atoms with Gasteiger partial charge >= 0.3 is 0 Å². The van der Waals surface area contributed by atoms with Crippen LogP contribution in [0.2, 0.25) is 0 Å². The number of rotatable bonds is 37. The zero-order valence-electron chi connectivity index (χ0n) is 31.1. The Morgan fingerprint density at radius 3 is 1.40 bits per heavy atom. The maximum absolute atomic E-state index is 10.9. The van der Waals surface area contributed by atoms with Gasteiger partial charge in [0, 0.05) is 19.3 Å². The minimum atomic E-state index is -0.854. The van der Waals surface area contributed by atoms with E-state index in [0.29, 0.717) is 38.5 Å². The molecule has 1 aromatic carbocycles. The second-order valence-corrected chi connectivity index (χ2v) is 13.7. The number of aliphatic hydroxyl groups is 1. The summed E-state index contributed by atoms with van der Waals surface area (Å²) < 4.78 is 23.5. The van der Waals surface area contributed by atoms with Crippen molar-refractivity contribution in [2.45, 2.75) is 180 Å². The van der Waals surface area contributed by atoms with E-state index in [4.69, 9.17) is 18.9 Å². The Morgan fingerprint density at radius 1 is 0.583 bits per heavy atom. The van der Waals surface area contributed by atoms with Crippen LogP contribution < -0.4 is 4.74 Å². The highest BCUT2D eigenvalue weighted by Crippen LogP contribution is 2.22. The van der Waals surface area contributed by atoms with Gasteiger partial charge in [-0.3, -0.25) is 4.79 Å². The molecule has 1 unspecified atom stereocenters. The van der Waals surface area contributed by atoms with Crippen LogP contribution in [0.5, 0.6) is 11.5 Å². The maximum Gasteiger partial charge on any atom is 0.153 e. The van der Waals surface area contributed by atoms with Crippen LogP contribution in [0.15, 0.2) is 18.2 Å². The summed E-state index contributed by atoms with van der Waals surface area (Å²) in [5, 5.41) is 20.3. The third-order valence-corrected chi connectivity index (χ3v) is 8.99. The summed E-state index contributed by atoms with van der Waals surface area (Å²) in [6, 6.07) is 4.44. The second kappa shape index (κ2) is 33.8. The molecule has 280 valence electrons. The Kier molecular flexibility index (Phi) is 31.2. The Hall–Kier alpha value is -1.67. The third kappa shape index (κ3) is 27.2. The molecule has 2 N–H and O–H groups in total. The van der Waals surface area contributed by atoms with Crippen LogP contribution in [0.1, 0.15) is 178 Å². The van der Waals surface area contributed by atoms with Gasteiger partial charge in [-0.05, 0) is 25.0 Å². The van der Waals surface area contributed by atoms with Gasteiger partial charge in [0.1, 0.15) is 30.3 Å². The molecule has 7 nitrogen and oxygen atoms in total. The van der Waals surface area contributed by atoms with Crippen molar-refractivity contribution < 1.29 is 34.0 Å². The molecule has 48 heavy (non-hydrogen) atoms. The molecule has 0 bridgehead atoms. The summed E-state index contributed by atoms with van der Waals surface area (Å²) in [6.07, 6.45) is 31.1. The van der Waals surface area contributed by atoms with Crippen LogP contribution in [0, 0.1) is 0 Å². The van der Waals surface area contributed by atoms with E-state index in [1.54, 1.807) is 6.07 Å². The summed E-state index contributed by atoms with van der Waals surface area (Å²) >= 11 is 0. The fourth-order valence-electron chi connectivity index (χ4n) is 5.86. The Balaban J connectivity index is 2.23. The monoisotopic (exact) mass is 679 g/mol. The molecule has 0 aromatic heterocycles. The molecule has 0 saturated heterocycles. The first-order chi connectivity index (χ1) is 23.6. The van der Waals surface area contributed by atoms with Gasteiger partial charge in [0.05, 0.1) is 25.4 Å². The summed E-state index contributed by atoms with van der Waals surface area (Å²) in [6.45, 7) is 6.93. The van der Waals surface area contributed by atoms with E-state index in [-0.39, 0.29) is 30.6 Å². The molecule has 0 spiro atoms. The van der Waals surface area contributed by atoms with E-state index in [2.05, 4.69) is 13.8 Å². The van der Waals surface area contributed by atoms with E-state index in [9.17, 15) is 15.0 Å². The fourth-order valence-corrected chi connectivity index (χ4v) is 5.86. The lowest BCUT2D eigenvalue weighted by Gasteiger charge is -2.20. The number of phenols is 1. The van der Waals surface area contributed by atoms with Crippen LogP contribution >= 0.6 is 0 Å². The van der Waals surface area contributed by atoms with Crippen molar-refractivity contribution in [1.29, 1.82) is 0 Å². The number of hydrogen-bond donors (Lipinski definition) is 2. The highest BCUT2D eigenvalue weighted by atomic mass is 16.6. The fraction of sp³-hybridized carbons (Fsp3) is 0.829. The number of carbonyl (C=O) groups excluding carboxylic acids is 1. The molecular weight excluding hydrogens is 604 g/mol. The average molecular weight is 679 g/mol. The molecular formula is C41H74O7. The van der Waals surface area contributed by atoms with E-state index < -0.39 is 6.10 Å². The van der Waals surface area contributed by atoms with Crippen LogP contribution in [-0.2, 0) is 14.2 Å². The van der Waals surface area contributed by atoms with E-state index in [1.165, 1.54) is 153 Å². The molecule has 1 atom stereocenters. The number of hydrogen-bond acceptors (Lipinski definition) is 7. The molecule has 0 radical (unpaired) electrons. The largest absolute Gasteiger partial charge is 0.507 e. The zero-order chi connectivity index (χ0) is 34.8. The first-order valence-corrected chi connectivity index (χ1v) is 20.0. The molecule has 0 amide bonds. The Bertz CT molecular complexity index is 801. The minimum absolute atomic E-state index is 0.00598. The number of unbranched alkanes of at least 4 members (excludes halogenated alkanes) is 22. The lowest BCUT2D eigenvalue weighted by Crippen LogP contribution is -2.32. The maximum atomic E-state index is 10.9. The molecule has 0 aliphatic rings. The molecule has 1 aromatic rings. The molecule has 0 heterocycles. The number of aliphatic hydroxyl groups excluding tert-OH is 1. The van der Waals surface area contributed by atoms with Crippen molar-refractivity contribution in [2.75, 3.05) is 39.6 Å². The van der Waals surface area contributed by atoms with Crippen molar-refractivity contribution in [3.05, 3.63) is 23.8 Å². The van der Waals surface area contributed by atoms with Crippen molar-refractivity contribution in [3.8, 4) is 11.5 Å². The van der Waals surface area contributed by atoms with Crippen molar-refractivity contribution >= 4 is 6.29 Å². The number of aldehydes is 1. The van der Waals surface area contributed by atoms with Gasteiger partial charge < -0.3 is 29.2 Å². The summed E-state index contributed by atoms with van der Waals surface area (Å²) in [4.78, 5) is 10.9. The van der Waals surface area contributed by atoms with E-state index in [1.807, 2.05) is 0 Å². The lowest BCUT2D eigenvalue weighted by atomic mass is 10.1. The van der Waals surface area contributed by atoms with Gasteiger partial charge in [0.15, 0.2) is 6.29 Å². The molecule has 0 saturated carbocycles. The van der Waals surface area contributed by atoms with Gasteiger partial charge in [-0.2, -0.15) is 0 Å². The van der Waals surface area contributed by atoms with Gasteiger partial charge in [-0.15, -0.1) is 0 Å². The smallest absolute Gasteiger partial charge is 0.153 e. The molecule has 0 aliphatic carbocycles. The standard InChI is InChI=1S/C41H74O7/c1-3-5-7-9-11-13-15-17-19-21-23-25-29-45-35-40(36-46-30-26-24-22-20-18-16-14-12-10-8-6-4-2)48-34-38(43)33-47-39-28-27-37(32-42)41(44)31-39/h27-28,31-32,38,40,43-44H,3-26,29-30,33-36H2,1-2H3. The van der Waals surface area contributed by atoms with Gasteiger partial charge in [-0.25, -0.2) is 0 Å². The lowest BCUT2D eigenvalue weighted by molar-refractivity contribution is -0.0868. The van der Waals surface area contributed by atoms with Gasteiger partial charge in [-0.1, -0.05) is 155 Å². The molecule has 0 fully saturated rings. The number of carbonyl (C=O) groups is 1. The topological polar surface area (TPSA) is 94.5 Å². The number of benzene rings is 1. The van der Waals surface area contributed by atoms with Gasteiger partial charge in [0.2, 0.25) is 0 Å². The van der Waals surface area contributed by atoms with Crippen LogP contribution in [0.25, 0.3) is 0 Å². The summed E-state index contributed by atoms with van der Waals surface area (Å²) in [7, 11) is 0. The predicted octanol–water partition coefficient (Wildman–Crippen LogP) is 10.8. The zero-order valence-corrected chi connectivity index (χ0v) is 31.1. The number of aromatic hydroxyl groups is 1. The average Bonchev–Trinajstić information content (AvgIpc) is 3.09. The van der Waals surface area contributed by atoms with Gasteiger partial charge in [0.25, 0.3) is 0 Å². The molecule has 0 aliphatic heterocycles. The third-order valence-electron chi connectivity index (χ3n) is 8.99. The Morgan fingerprint density at radius 2 is 1.00 bits per heavy atom. The van der Waals surface area contributed by atoms with Crippen molar-refractivity contribution in [3.63, 3.8) is 0 Å². The van der Waals surface area contributed by atoms with E-state index >= 15 is 0 Å². The normalized spacial score (nSPS) is 12.2. The highest BCUT2D eigenvalue weighted by Gasteiger charge is 2.15. The van der Waals surface area contributed by atoms with Crippen molar-refractivity contribution in [2.24, 2.45) is 0 Å². The second-order valence-electron chi connectivity index (χ2n) is 13.7. The molecule has 7 heteroatoms. The SMILES string of the molecule is CCCCCCCCCCCCCCOCC(COCCCCCCCCCCCCCC)OCC(O)COc1ccc(C=O)c(O)c1. The van der Waals surface area contributed by atoms with Crippen LogP contribution in [0.4, 0.5) is 0 Å². The van der Waals surface area contributed by atoms with E-state index in [0.717, 1.165) is 12.8 Å². The van der Waals surface area contributed by atoms with Crippen LogP contribution in [-0.4, -0.2) is 68.3 Å². The first-order valence-electron chi connectivity index (χ1n) is 20.0. The predicted molar refractivity (Wildman–Crippen MR) is 199 cm³/mol. The highest BCUT2D eigenvalue weighted by molar-refractivity contribution is 5.79. The molecule has 1 rings (SSSR count).